The Hall–Kier alpha value is -2.95. The lowest BCUT2D eigenvalue weighted by Gasteiger charge is -2.18. The van der Waals surface area contributed by atoms with Crippen LogP contribution in [0.15, 0.2) is 53.6 Å². The smallest absolute Gasteiger partial charge is 0.337 e. The van der Waals surface area contributed by atoms with Gasteiger partial charge in [-0.2, -0.15) is 0 Å². The first-order chi connectivity index (χ1) is 16.1. The minimum absolute atomic E-state index is 0.356. The van der Waals surface area contributed by atoms with Crippen molar-refractivity contribution in [3.05, 3.63) is 60.5 Å². The van der Waals surface area contributed by atoms with Crippen LogP contribution in [0.25, 0.3) is 10.9 Å². The largest absolute Gasteiger partial charge is 0.465 e. The number of fused-ring (bicyclic) bond motifs is 1. The number of nitrogens with one attached hydrogen (secondary N) is 1. The number of H-pyrrole nitrogens is 1. The number of esters is 1. The van der Waals surface area contributed by atoms with E-state index in [1.165, 1.54) is 18.9 Å². The number of carbonyl (C=O) groups excluding carboxylic acids is 1. The van der Waals surface area contributed by atoms with Gasteiger partial charge < -0.3 is 9.72 Å². The number of ether oxygens (including phenoxy) is 1. The van der Waals surface area contributed by atoms with Gasteiger partial charge in [-0.1, -0.05) is 73.6 Å². The quantitative estimate of drug-likeness (QED) is 0.294. The summed E-state index contributed by atoms with van der Waals surface area (Å²) >= 11 is 0. The highest BCUT2D eigenvalue weighted by Gasteiger charge is 2.24. The van der Waals surface area contributed by atoms with E-state index in [0.717, 1.165) is 42.3 Å². The van der Waals surface area contributed by atoms with E-state index >= 15 is 0 Å². The van der Waals surface area contributed by atoms with Crippen molar-refractivity contribution in [2.75, 3.05) is 14.2 Å². The molecule has 0 amide bonds. The highest BCUT2D eigenvalue weighted by atomic mass is 16.5. The number of allylic oxidation sites excluding steroid dienone is 1. The van der Waals surface area contributed by atoms with Crippen LogP contribution in [0.2, 0.25) is 0 Å². The van der Waals surface area contributed by atoms with Crippen molar-refractivity contribution in [2.24, 2.45) is 9.98 Å². The van der Waals surface area contributed by atoms with Crippen LogP contribution in [0.5, 0.6) is 0 Å². The van der Waals surface area contributed by atoms with E-state index in [1.807, 2.05) is 45.9 Å². The second kappa shape index (κ2) is 16.7. The summed E-state index contributed by atoms with van der Waals surface area (Å²) in [4.78, 5) is 24.4. The average molecular weight is 454 g/mol. The molecule has 1 aromatic carbocycles. The van der Waals surface area contributed by atoms with Crippen LogP contribution in [0.4, 0.5) is 0 Å². The molecule has 1 N–H and O–H groups in total. The molecule has 0 fully saturated rings. The second-order valence-electron chi connectivity index (χ2n) is 6.91. The Labute approximate surface area is 200 Å². The molecule has 0 aliphatic heterocycles. The maximum atomic E-state index is 12.0. The fourth-order valence-corrected chi connectivity index (χ4v) is 3.85. The third kappa shape index (κ3) is 7.55. The van der Waals surface area contributed by atoms with Crippen LogP contribution < -0.4 is 0 Å². The summed E-state index contributed by atoms with van der Waals surface area (Å²) in [5, 5.41) is 1.09. The Bertz CT molecular complexity index is 945. The molecule has 0 bridgehead atoms. The lowest BCUT2D eigenvalue weighted by Crippen LogP contribution is -2.17. The number of nitrogens with zero attached hydrogens (tertiary/aromatic N) is 2. The molecule has 0 atom stereocenters. The number of aromatic amines is 1. The molecule has 182 valence electrons. The van der Waals surface area contributed by atoms with Gasteiger partial charge in [0.15, 0.2) is 0 Å². The Balaban J connectivity index is 0.00000242. The van der Waals surface area contributed by atoms with Crippen LogP contribution in [0, 0.1) is 0 Å². The monoisotopic (exact) mass is 453 g/mol. The first kappa shape index (κ1) is 30.0. The second-order valence-corrected chi connectivity index (χ2v) is 6.91. The van der Waals surface area contributed by atoms with Gasteiger partial charge in [0.2, 0.25) is 0 Å². The van der Waals surface area contributed by atoms with Crippen LogP contribution in [-0.4, -0.2) is 36.5 Å². The summed E-state index contributed by atoms with van der Waals surface area (Å²) in [5.74, 6) is 0.0146. The van der Waals surface area contributed by atoms with Crippen LogP contribution in [0.3, 0.4) is 0 Å². The molecule has 5 heteroatoms. The van der Waals surface area contributed by atoms with E-state index in [1.54, 1.807) is 13.1 Å². The van der Waals surface area contributed by atoms with Gasteiger partial charge in [-0.15, -0.1) is 0 Å². The number of aliphatic imine (C=N–C) groups is 2. The number of hydrogen-bond donors (Lipinski definition) is 1. The predicted molar refractivity (Wildman–Crippen MR) is 145 cm³/mol. The van der Waals surface area contributed by atoms with Gasteiger partial charge in [-0.05, 0) is 42.5 Å². The number of methoxy groups -OCH3 is 1. The SMILES string of the molecule is C=CN=C(C(C=C)=NC)c1[nH]c2cc(C(=O)OC)ccc2c1C(CCC)CCC.CC.CC. The van der Waals surface area contributed by atoms with E-state index in [2.05, 4.69) is 42.0 Å². The molecular formula is C28H43N3O2. The fourth-order valence-electron chi connectivity index (χ4n) is 3.85. The molecule has 0 aliphatic carbocycles. The summed E-state index contributed by atoms with van der Waals surface area (Å²) < 4.78 is 4.88. The minimum atomic E-state index is -0.356. The predicted octanol–water partition coefficient (Wildman–Crippen LogP) is 7.88. The summed E-state index contributed by atoms with van der Waals surface area (Å²) in [7, 11) is 3.11. The van der Waals surface area contributed by atoms with Crippen molar-refractivity contribution < 1.29 is 9.53 Å². The highest BCUT2D eigenvalue weighted by molar-refractivity contribution is 6.52. The third-order valence-corrected chi connectivity index (χ3v) is 5.08. The molecule has 0 saturated heterocycles. The number of aromatic nitrogens is 1. The summed E-state index contributed by atoms with van der Waals surface area (Å²) in [5.41, 5.74) is 4.92. The fraction of sp³-hybridized carbons (Fsp3) is 0.464. The number of carbonyl (C=O) groups is 1. The van der Waals surface area contributed by atoms with Gasteiger partial charge in [-0.25, -0.2) is 4.79 Å². The van der Waals surface area contributed by atoms with Gasteiger partial charge in [0.05, 0.1) is 24.1 Å². The first-order valence-corrected chi connectivity index (χ1v) is 12.1. The molecule has 0 saturated carbocycles. The molecule has 0 aliphatic rings. The molecule has 1 heterocycles. The molecule has 0 unspecified atom stereocenters. The van der Waals surface area contributed by atoms with Crippen molar-refractivity contribution in [3.63, 3.8) is 0 Å². The average Bonchev–Trinajstić information content (AvgIpc) is 3.24. The van der Waals surface area contributed by atoms with Crippen molar-refractivity contribution in [1.29, 1.82) is 0 Å². The van der Waals surface area contributed by atoms with E-state index in [9.17, 15) is 4.79 Å². The third-order valence-electron chi connectivity index (χ3n) is 5.08. The number of hydrogen-bond acceptors (Lipinski definition) is 4. The van der Waals surface area contributed by atoms with Crippen molar-refractivity contribution in [1.82, 2.24) is 4.98 Å². The van der Waals surface area contributed by atoms with Gasteiger partial charge in [-0.3, -0.25) is 9.98 Å². The van der Waals surface area contributed by atoms with Crippen LogP contribution >= 0.6 is 0 Å². The summed E-state index contributed by atoms with van der Waals surface area (Å²) in [6, 6.07) is 5.65. The Morgan fingerprint density at radius 2 is 1.73 bits per heavy atom. The molecule has 33 heavy (non-hydrogen) atoms. The minimum Gasteiger partial charge on any atom is -0.465 e. The molecule has 0 radical (unpaired) electrons. The van der Waals surface area contributed by atoms with Crippen molar-refractivity contribution >= 4 is 28.3 Å². The molecule has 2 aromatic rings. The zero-order chi connectivity index (χ0) is 25.4. The van der Waals surface area contributed by atoms with Crippen molar-refractivity contribution in [2.45, 2.75) is 73.1 Å². The van der Waals surface area contributed by atoms with Gasteiger partial charge in [0, 0.05) is 24.2 Å². The maximum absolute atomic E-state index is 12.0. The van der Waals surface area contributed by atoms with Gasteiger partial charge in [0.25, 0.3) is 0 Å². The lowest BCUT2D eigenvalue weighted by molar-refractivity contribution is 0.0601. The Morgan fingerprint density at radius 1 is 1.12 bits per heavy atom. The zero-order valence-corrected chi connectivity index (χ0v) is 21.9. The standard InChI is InChI=1S/C24H31N3O2.2C2H6/c1-7-11-16(12-8-2)21-18-14-13-17(24(28)29-6)15-20(18)27-23(21)22(26-10-4)19(9-3)25-5;2*1-2/h9-10,13-16,27H,3-4,7-8,11-12H2,1-2,5-6H3;2*1-2H3. The van der Waals surface area contributed by atoms with E-state index in [-0.39, 0.29) is 5.97 Å². The Morgan fingerprint density at radius 3 is 2.18 bits per heavy atom. The first-order valence-electron chi connectivity index (χ1n) is 12.1. The molecule has 0 spiro atoms. The maximum Gasteiger partial charge on any atom is 0.337 e. The molecular weight excluding hydrogens is 410 g/mol. The van der Waals surface area contributed by atoms with E-state index in [4.69, 9.17) is 4.74 Å². The Kier molecular flexibility index (Phi) is 15.2. The van der Waals surface area contributed by atoms with Gasteiger partial charge >= 0.3 is 5.97 Å². The van der Waals surface area contributed by atoms with E-state index < -0.39 is 0 Å². The lowest BCUT2D eigenvalue weighted by atomic mass is 9.86. The number of rotatable bonds is 10. The molecule has 1 aromatic heterocycles. The number of benzene rings is 1. The summed E-state index contributed by atoms with van der Waals surface area (Å²) in [6.07, 6.45) is 7.53. The normalized spacial score (nSPS) is 11.3. The topological polar surface area (TPSA) is 66.8 Å². The van der Waals surface area contributed by atoms with E-state index in [0.29, 0.717) is 22.9 Å². The summed E-state index contributed by atoms with van der Waals surface area (Å²) in [6.45, 7) is 20.1. The van der Waals surface area contributed by atoms with Crippen molar-refractivity contribution in [3.8, 4) is 0 Å². The highest BCUT2D eigenvalue weighted by Crippen LogP contribution is 2.36. The molecule has 2 rings (SSSR count). The van der Waals surface area contributed by atoms with Crippen LogP contribution in [0.1, 0.15) is 94.8 Å². The molecule has 5 nitrogen and oxygen atoms in total. The zero-order valence-electron chi connectivity index (χ0n) is 21.9. The van der Waals surface area contributed by atoms with Gasteiger partial charge in [0.1, 0.15) is 5.71 Å². The van der Waals surface area contributed by atoms with Crippen LogP contribution in [-0.2, 0) is 4.74 Å².